The smallest absolute Gasteiger partial charge is 0.407 e. The number of likely N-dealkylation sites (N-methyl/N-ethyl adjacent to an activating group) is 1. The van der Waals surface area contributed by atoms with Gasteiger partial charge in [-0.3, -0.25) is 14.5 Å². The molecule has 6 rings (SSSR count). The molecule has 4 atom stereocenters. The predicted octanol–water partition coefficient (Wildman–Crippen LogP) is 5.98. The molecular weight excluding hydrogens is 664 g/mol. The number of benzene rings is 2. The zero-order chi connectivity index (χ0) is 36.9. The Bertz CT molecular complexity index is 1890. The standard InChI is InChI=1S/C38H46N8O6/c1-5-44(38(50)51)24(4)36(48)46-20-8-10-32(46)34-40-22-30(43-34)28-17-13-26(14-18-28)25-11-15-27(16-12-25)29-21-39-33(42-29)31-9-7-19-45(31)35(47)23(3)41-37(49)52-6-2/h11-18,21-24,31-32H,5-10,19-20H2,1-4H3,(H,39,42)(H,40,43)(H,41,49)(H,50,51)/t23-,24-,31+,32+/m1/s1. The monoisotopic (exact) mass is 710 g/mol. The number of imidazole rings is 2. The van der Waals surface area contributed by atoms with Crippen molar-refractivity contribution in [3.63, 3.8) is 0 Å². The van der Waals surface area contributed by atoms with Gasteiger partial charge in [0.2, 0.25) is 11.8 Å². The number of carbonyl (C=O) groups excluding carboxylic acids is 3. The zero-order valence-corrected chi connectivity index (χ0v) is 30.0. The van der Waals surface area contributed by atoms with E-state index in [0.29, 0.717) is 24.7 Å². The molecule has 14 heteroatoms. The Morgan fingerprint density at radius 2 is 1.27 bits per heavy atom. The normalized spacial score (nSPS) is 18.2. The van der Waals surface area contributed by atoms with Crippen molar-refractivity contribution in [3.8, 4) is 33.6 Å². The number of nitrogens with zero attached hydrogens (tertiary/aromatic N) is 5. The number of rotatable bonds is 11. The number of carbonyl (C=O) groups is 4. The van der Waals surface area contributed by atoms with Crippen molar-refractivity contribution < 1.29 is 29.0 Å². The number of hydrogen-bond donors (Lipinski definition) is 4. The Kier molecular flexibility index (Phi) is 10.9. The van der Waals surface area contributed by atoms with E-state index in [1.54, 1.807) is 49.9 Å². The summed E-state index contributed by atoms with van der Waals surface area (Å²) in [5.41, 5.74) is 5.72. The van der Waals surface area contributed by atoms with Crippen molar-refractivity contribution >= 4 is 24.0 Å². The van der Waals surface area contributed by atoms with Crippen molar-refractivity contribution in [2.45, 2.75) is 77.5 Å². The Labute approximate surface area is 302 Å². The molecule has 0 radical (unpaired) electrons. The largest absolute Gasteiger partial charge is 0.465 e. The van der Waals surface area contributed by atoms with Gasteiger partial charge in [0.05, 0.1) is 42.5 Å². The molecule has 2 aromatic carbocycles. The van der Waals surface area contributed by atoms with E-state index in [-0.39, 0.29) is 37.0 Å². The van der Waals surface area contributed by atoms with Crippen LogP contribution in [0.1, 0.15) is 77.1 Å². The first-order valence-corrected chi connectivity index (χ1v) is 17.9. The van der Waals surface area contributed by atoms with Gasteiger partial charge < -0.3 is 34.9 Å². The van der Waals surface area contributed by atoms with Crippen molar-refractivity contribution in [1.82, 2.24) is 40.0 Å². The second-order valence-electron chi connectivity index (χ2n) is 13.2. The fourth-order valence-corrected chi connectivity index (χ4v) is 7.23. The topological polar surface area (TPSA) is 177 Å². The fourth-order valence-electron chi connectivity index (χ4n) is 7.23. The van der Waals surface area contributed by atoms with Crippen LogP contribution in [-0.2, 0) is 14.3 Å². The number of hydrogen-bond acceptors (Lipinski definition) is 7. The molecule has 0 unspecified atom stereocenters. The third-order valence-corrected chi connectivity index (χ3v) is 10.0. The summed E-state index contributed by atoms with van der Waals surface area (Å²) in [6.45, 7) is 8.37. The molecule has 52 heavy (non-hydrogen) atoms. The van der Waals surface area contributed by atoms with Crippen molar-refractivity contribution in [2.24, 2.45) is 0 Å². The van der Waals surface area contributed by atoms with E-state index in [1.807, 2.05) is 24.3 Å². The average Bonchev–Trinajstić information content (AvgIpc) is 3.98. The zero-order valence-electron chi connectivity index (χ0n) is 30.0. The third kappa shape index (κ3) is 7.51. The molecular formula is C38H46N8O6. The highest BCUT2D eigenvalue weighted by atomic mass is 16.5. The third-order valence-electron chi connectivity index (χ3n) is 10.0. The van der Waals surface area contributed by atoms with Crippen LogP contribution in [0.3, 0.4) is 0 Å². The SMILES string of the molecule is CCOC(=O)N[C@H](C)C(=O)N1CCC[C@H]1c1ncc(-c2ccc(-c3ccc(-c4cnc([C@@H]5CCCN5C(=O)[C@@H](C)N(CC)C(=O)O)[nH]4)cc3)cc2)[nH]1. The van der Waals surface area contributed by atoms with Gasteiger partial charge in [-0.25, -0.2) is 19.6 Å². The van der Waals surface area contributed by atoms with Crippen LogP contribution in [0.4, 0.5) is 9.59 Å². The number of amides is 4. The number of H-pyrrole nitrogens is 2. The van der Waals surface area contributed by atoms with Crippen LogP contribution in [0, 0.1) is 0 Å². The molecule has 0 spiro atoms. The number of nitrogens with one attached hydrogen (secondary N) is 3. The van der Waals surface area contributed by atoms with Crippen LogP contribution in [0.15, 0.2) is 60.9 Å². The molecule has 0 saturated carbocycles. The maximum atomic E-state index is 13.3. The molecule has 2 aliphatic rings. The van der Waals surface area contributed by atoms with Crippen molar-refractivity contribution in [1.29, 1.82) is 0 Å². The molecule has 4 N–H and O–H groups in total. The minimum absolute atomic E-state index is 0.169. The van der Waals surface area contributed by atoms with E-state index in [2.05, 4.69) is 49.5 Å². The van der Waals surface area contributed by atoms with Gasteiger partial charge in [0.15, 0.2) is 0 Å². The minimum Gasteiger partial charge on any atom is -0.465 e. The van der Waals surface area contributed by atoms with Gasteiger partial charge >= 0.3 is 12.2 Å². The van der Waals surface area contributed by atoms with Gasteiger partial charge in [0, 0.05) is 19.6 Å². The highest BCUT2D eigenvalue weighted by molar-refractivity contribution is 5.86. The first-order valence-electron chi connectivity index (χ1n) is 17.9. The molecule has 0 bridgehead atoms. The Morgan fingerprint density at radius 3 is 1.71 bits per heavy atom. The Hall–Kier alpha value is -5.66. The molecule has 0 aliphatic carbocycles. The lowest BCUT2D eigenvalue weighted by Gasteiger charge is -2.31. The van der Waals surface area contributed by atoms with Gasteiger partial charge in [0.25, 0.3) is 0 Å². The number of aromatic amines is 2. The second-order valence-corrected chi connectivity index (χ2v) is 13.2. The summed E-state index contributed by atoms with van der Waals surface area (Å²) in [6, 6.07) is 14.5. The number of alkyl carbamates (subject to hydrolysis) is 1. The summed E-state index contributed by atoms with van der Waals surface area (Å²) in [5, 5.41) is 12.1. The van der Waals surface area contributed by atoms with E-state index >= 15 is 0 Å². The number of aromatic nitrogens is 4. The summed E-state index contributed by atoms with van der Waals surface area (Å²) >= 11 is 0. The summed E-state index contributed by atoms with van der Waals surface area (Å²) < 4.78 is 4.93. The Balaban J connectivity index is 1.09. The lowest BCUT2D eigenvalue weighted by atomic mass is 10.0. The van der Waals surface area contributed by atoms with E-state index < -0.39 is 24.3 Å². The highest BCUT2D eigenvalue weighted by Crippen LogP contribution is 2.34. The lowest BCUT2D eigenvalue weighted by Crippen LogP contribution is -2.48. The maximum Gasteiger partial charge on any atom is 0.407 e. The molecule has 2 saturated heterocycles. The van der Waals surface area contributed by atoms with Crippen molar-refractivity contribution in [3.05, 3.63) is 72.6 Å². The summed E-state index contributed by atoms with van der Waals surface area (Å²) in [5.74, 6) is 1.03. The van der Waals surface area contributed by atoms with Gasteiger partial charge in [0.1, 0.15) is 23.7 Å². The van der Waals surface area contributed by atoms with Gasteiger partial charge in [-0.05, 0) is 75.6 Å². The minimum atomic E-state index is -1.11. The van der Waals surface area contributed by atoms with Gasteiger partial charge in [-0.1, -0.05) is 48.5 Å². The van der Waals surface area contributed by atoms with E-state index in [0.717, 1.165) is 64.2 Å². The molecule has 4 amide bonds. The van der Waals surface area contributed by atoms with Crippen LogP contribution in [-0.4, -0.2) is 102 Å². The predicted molar refractivity (Wildman–Crippen MR) is 194 cm³/mol. The molecule has 2 aromatic heterocycles. The summed E-state index contributed by atoms with van der Waals surface area (Å²) in [6.07, 6.45) is 5.06. The van der Waals surface area contributed by atoms with Crippen LogP contribution >= 0.6 is 0 Å². The quantitative estimate of drug-likeness (QED) is 0.147. The first-order chi connectivity index (χ1) is 25.1. The number of ether oxygens (including phenoxy) is 1. The summed E-state index contributed by atoms with van der Waals surface area (Å²) in [4.78, 5) is 70.6. The highest BCUT2D eigenvalue weighted by Gasteiger charge is 2.37. The average molecular weight is 711 g/mol. The summed E-state index contributed by atoms with van der Waals surface area (Å²) in [7, 11) is 0. The van der Waals surface area contributed by atoms with E-state index in [1.165, 1.54) is 0 Å². The Morgan fingerprint density at radius 1 is 0.808 bits per heavy atom. The van der Waals surface area contributed by atoms with Crippen molar-refractivity contribution in [2.75, 3.05) is 26.2 Å². The number of carboxylic acid groups (broad SMARTS) is 1. The van der Waals surface area contributed by atoms with E-state index in [4.69, 9.17) is 4.74 Å². The van der Waals surface area contributed by atoms with Crippen LogP contribution < -0.4 is 5.32 Å². The molecule has 4 heterocycles. The van der Waals surface area contributed by atoms with Crippen LogP contribution in [0.25, 0.3) is 33.6 Å². The maximum absolute atomic E-state index is 13.3. The number of likely N-dealkylation sites (tertiary alicyclic amines) is 2. The van der Waals surface area contributed by atoms with Crippen LogP contribution in [0.5, 0.6) is 0 Å². The molecule has 14 nitrogen and oxygen atoms in total. The fraction of sp³-hybridized carbons (Fsp3) is 0.421. The molecule has 274 valence electrons. The second kappa shape index (κ2) is 15.7. The first kappa shape index (κ1) is 36.1. The van der Waals surface area contributed by atoms with E-state index in [9.17, 15) is 24.3 Å². The lowest BCUT2D eigenvalue weighted by molar-refractivity contribution is -0.137. The van der Waals surface area contributed by atoms with Crippen LogP contribution in [0.2, 0.25) is 0 Å². The molecule has 2 fully saturated rings. The molecule has 2 aliphatic heterocycles. The van der Waals surface area contributed by atoms with Gasteiger partial charge in [-0.2, -0.15) is 0 Å². The van der Waals surface area contributed by atoms with Gasteiger partial charge in [-0.15, -0.1) is 0 Å². The molecule has 4 aromatic rings.